The molecule has 3 aliphatic carbocycles. The molecule has 0 aliphatic heterocycles. The monoisotopic (exact) mass is 421 g/mol. The number of hydrogen-bond donors (Lipinski definition) is 0. The molecule has 0 saturated heterocycles. The molecule has 0 amide bonds. The van der Waals surface area contributed by atoms with Gasteiger partial charge in [0.15, 0.2) is 5.82 Å². The number of carbonyl (C=O) groups is 1. The van der Waals surface area contributed by atoms with Gasteiger partial charge in [-0.15, -0.1) is 0 Å². The molecule has 6 heteroatoms. The molecule has 3 aliphatic rings. The number of methoxy groups -OCH3 is 1. The Morgan fingerprint density at radius 3 is 2.52 bits per heavy atom. The van der Waals surface area contributed by atoms with E-state index in [1.165, 1.54) is 0 Å². The van der Waals surface area contributed by atoms with Crippen LogP contribution in [0, 0.1) is 11.7 Å². The van der Waals surface area contributed by atoms with Crippen molar-refractivity contribution in [3.05, 3.63) is 65.0 Å². The van der Waals surface area contributed by atoms with Crippen LogP contribution in [0.15, 0.2) is 42.5 Å². The van der Waals surface area contributed by atoms with Crippen molar-refractivity contribution in [2.45, 2.75) is 38.2 Å². The van der Waals surface area contributed by atoms with Gasteiger partial charge >= 0.3 is 5.97 Å². The van der Waals surface area contributed by atoms with E-state index in [-0.39, 0.29) is 41.4 Å². The van der Waals surface area contributed by atoms with Gasteiger partial charge in [0.05, 0.1) is 13.7 Å². The lowest BCUT2D eigenvalue weighted by atomic mass is 9.42. The molecule has 1 aromatic heterocycles. The minimum absolute atomic E-state index is 0.0193. The molecule has 0 unspecified atom stereocenters. The average molecular weight is 421 g/mol. The topological polar surface area (TPSA) is 57.7 Å². The number of nitrogens with zero attached hydrogens (tertiary/aromatic N) is 1. The van der Waals surface area contributed by atoms with Crippen molar-refractivity contribution < 1.29 is 23.4 Å². The van der Waals surface area contributed by atoms with E-state index in [0.717, 1.165) is 42.1 Å². The summed E-state index contributed by atoms with van der Waals surface area (Å²) < 4.78 is 31.7. The van der Waals surface area contributed by atoms with Gasteiger partial charge in [0.1, 0.15) is 23.4 Å². The van der Waals surface area contributed by atoms with E-state index in [4.69, 9.17) is 14.2 Å². The molecule has 0 spiro atoms. The van der Waals surface area contributed by atoms with E-state index >= 15 is 4.39 Å². The molecule has 3 fully saturated rings. The fraction of sp³-hybridized carbons (Fsp3) is 0.360. The minimum Gasteiger partial charge on any atom is -0.497 e. The average Bonchev–Trinajstić information content (AvgIpc) is 2.72. The van der Waals surface area contributed by atoms with Crippen LogP contribution in [-0.2, 0) is 16.8 Å². The zero-order chi connectivity index (χ0) is 21.6. The molecule has 2 bridgehead atoms. The Hall–Kier alpha value is -3.15. The number of pyridine rings is 1. The lowest BCUT2D eigenvalue weighted by molar-refractivity contribution is -0.0298. The SMILES string of the molecule is CCOC(=O)c1cc2ccc(C34CC(C3)C4)c(F)c2nc1OCc1ccc(OC)cc1. The summed E-state index contributed by atoms with van der Waals surface area (Å²) in [6.45, 7) is 2.15. The summed E-state index contributed by atoms with van der Waals surface area (Å²) in [4.78, 5) is 17.0. The second kappa shape index (κ2) is 7.52. The van der Waals surface area contributed by atoms with Crippen LogP contribution in [0.2, 0.25) is 0 Å². The first kappa shape index (κ1) is 19.8. The number of ether oxygens (including phenoxy) is 3. The van der Waals surface area contributed by atoms with E-state index < -0.39 is 5.97 Å². The van der Waals surface area contributed by atoms with Crippen LogP contribution in [-0.4, -0.2) is 24.7 Å². The predicted molar refractivity (Wildman–Crippen MR) is 114 cm³/mol. The van der Waals surface area contributed by atoms with Gasteiger partial charge in [-0.25, -0.2) is 14.2 Å². The Morgan fingerprint density at radius 2 is 1.90 bits per heavy atom. The summed E-state index contributed by atoms with van der Waals surface area (Å²) in [5.74, 6) is 0.724. The molecule has 6 rings (SSSR count). The third-order valence-electron chi connectivity index (χ3n) is 6.53. The maximum atomic E-state index is 15.5. The van der Waals surface area contributed by atoms with Gasteiger partial charge < -0.3 is 14.2 Å². The van der Waals surface area contributed by atoms with E-state index in [9.17, 15) is 4.79 Å². The fourth-order valence-corrected chi connectivity index (χ4v) is 4.75. The third kappa shape index (κ3) is 3.30. The summed E-state index contributed by atoms with van der Waals surface area (Å²) in [6, 6.07) is 12.7. The van der Waals surface area contributed by atoms with Crippen molar-refractivity contribution in [3.63, 3.8) is 0 Å². The van der Waals surface area contributed by atoms with Gasteiger partial charge in [-0.1, -0.05) is 24.3 Å². The highest BCUT2D eigenvalue weighted by molar-refractivity contribution is 5.96. The lowest BCUT2D eigenvalue weighted by Gasteiger charge is -2.62. The smallest absolute Gasteiger partial charge is 0.343 e. The summed E-state index contributed by atoms with van der Waals surface area (Å²) in [5.41, 5.74) is 2.02. The molecule has 2 aromatic carbocycles. The molecule has 3 saturated carbocycles. The fourth-order valence-electron chi connectivity index (χ4n) is 4.75. The molecular weight excluding hydrogens is 397 g/mol. The number of hydrogen-bond acceptors (Lipinski definition) is 5. The molecule has 160 valence electrons. The van der Waals surface area contributed by atoms with Gasteiger partial charge in [0, 0.05) is 5.39 Å². The van der Waals surface area contributed by atoms with Gasteiger partial charge in [-0.05, 0) is 66.8 Å². The first-order valence-electron chi connectivity index (χ1n) is 10.6. The number of halogens is 1. The number of benzene rings is 2. The van der Waals surface area contributed by atoms with Crippen molar-refractivity contribution in [3.8, 4) is 11.6 Å². The summed E-state index contributed by atoms with van der Waals surface area (Å²) >= 11 is 0. The number of rotatable bonds is 7. The zero-order valence-corrected chi connectivity index (χ0v) is 17.6. The second-order valence-electron chi connectivity index (χ2n) is 8.46. The molecule has 0 radical (unpaired) electrons. The van der Waals surface area contributed by atoms with Gasteiger partial charge in [0.25, 0.3) is 0 Å². The van der Waals surface area contributed by atoms with Crippen LogP contribution in [0.4, 0.5) is 4.39 Å². The summed E-state index contributed by atoms with van der Waals surface area (Å²) in [6.07, 6.45) is 3.16. The van der Waals surface area contributed by atoms with Gasteiger partial charge in [-0.3, -0.25) is 0 Å². The Labute approximate surface area is 180 Å². The second-order valence-corrected chi connectivity index (χ2v) is 8.46. The highest BCUT2D eigenvalue weighted by atomic mass is 19.1. The first-order chi connectivity index (χ1) is 15.0. The quantitative estimate of drug-likeness (QED) is 0.492. The van der Waals surface area contributed by atoms with E-state index in [1.807, 2.05) is 36.4 Å². The van der Waals surface area contributed by atoms with Crippen LogP contribution < -0.4 is 9.47 Å². The molecule has 1 heterocycles. The number of fused-ring (bicyclic) bond motifs is 1. The van der Waals surface area contributed by atoms with Crippen molar-refractivity contribution >= 4 is 16.9 Å². The lowest BCUT2D eigenvalue weighted by Crippen LogP contribution is -2.55. The highest BCUT2D eigenvalue weighted by Gasteiger charge is 2.58. The Morgan fingerprint density at radius 1 is 1.16 bits per heavy atom. The van der Waals surface area contributed by atoms with Crippen molar-refractivity contribution in [1.82, 2.24) is 4.98 Å². The van der Waals surface area contributed by atoms with Crippen molar-refractivity contribution in [2.24, 2.45) is 5.92 Å². The van der Waals surface area contributed by atoms with Crippen LogP contribution in [0.25, 0.3) is 10.9 Å². The minimum atomic E-state index is -0.537. The highest BCUT2D eigenvalue weighted by Crippen LogP contribution is 2.65. The molecule has 31 heavy (non-hydrogen) atoms. The van der Waals surface area contributed by atoms with E-state index in [2.05, 4.69) is 4.98 Å². The maximum absolute atomic E-state index is 15.5. The zero-order valence-electron chi connectivity index (χ0n) is 17.6. The standard InChI is InChI=1S/C25H24FNO4/c1-3-30-24(28)19-10-17-6-9-20(25-11-16(12-25)13-25)21(26)22(17)27-23(19)31-14-15-4-7-18(29-2)8-5-15/h4-10,16H,3,11-14H2,1-2H3. The normalized spacial score (nSPS) is 21.2. The Kier molecular flexibility index (Phi) is 4.80. The van der Waals surface area contributed by atoms with Crippen LogP contribution in [0.3, 0.4) is 0 Å². The van der Waals surface area contributed by atoms with Crippen LogP contribution in [0.5, 0.6) is 11.6 Å². The predicted octanol–water partition coefficient (Wildman–Crippen LogP) is 5.19. The van der Waals surface area contributed by atoms with E-state index in [1.54, 1.807) is 20.1 Å². The Bertz CT molecular complexity index is 1140. The maximum Gasteiger partial charge on any atom is 0.343 e. The summed E-state index contributed by atoms with van der Waals surface area (Å²) in [7, 11) is 1.60. The van der Waals surface area contributed by atoms with Crippen molar-refractivity contribution in [2.75, 3.05) is 13.7 Å². The first-order valence-corrected chi connectivity index (χ1v) is 10.6. The largest absolute Gasteiger partial charge is 0.497 e. The molecular formula is C25H24FNO4. The van der Waals surface area contributed by atoms with Gasteiger partial charge in [-0.2, -0.15) is 0 Å². The van der Waals surface area contributed by atoms with Gasteiger partial charge in [0.2, 0.25) is 5.88 Å². The van der Waals surface area contributed by atoms with Crippen LogP contribution in [0.1, 0.15) is 47.7 Å². The van der Waals surface area contributed by atoms with Crippen LogP contribution >= 0.6 is 0 Å². The number of esters is 1. The molecule has 5 nitrogen and oxygen atoms in total. The Balaban J connectivity index is 1.51. The molecule has 0 N–H and O–H groups in total. The number of aromatic nitrogens is 1. The summed E-state index contributed by atoms with van der Waals surface area (Å²) in [5, 5.41) is 0.563. The van der Waals surface area contributed by atoms with Crippen molar-refractivity contribution in [1.29, 1.82) is 0 Å². The molecule has 0 atom stereocenters. The number of carbonyl (C=O) groups excluding carboxylic acids is 1. The third-order valence-corrected chi connectivity index (χ3v) is 6.53. The molecule has 3 aromatic rings. The van der Waals surface area contributed by atoms with E-state index in [0.29, 0.717) is 5.39 Å².